The molecule has 21 heavy (non-hydrogen) atoms. The van der Waals surface area contributed by atoms with Crippen molar-refractivity contribution in [2.45, 2.75) is 0 Å². The maximum atomic E-state index is 11.9. The summed E-state index contributed by atoms with van der Waals surface area (Å²) in [4.78, 5) is 16.3. The summed E-state index contributed by atoms with van der Waals surface area (Å²) < 4.78 is 7.25. The lowest BCUT2D eigenvalue weighted by Gasteiger charge is -2.07. The maximum absolute atomic E-state index is 11.9. The Morgan fingerprint density at radius 3 is 2.62 bits per heavy atom. The van der Waals surface area contributed by atoms with Gasteiger partial charge in [0.25, 0.3) is 5.91 Å². The number of imidazole rings is 1. The number of ether oxygens (including phenoxy) is 1. The van der Waals surface area contributed by atoms with Crippen LogP contribution in [0.5, 0.6) is 5.75 Å². The predicted octanol–water partition coefficient (Wildman–Crippen LogP) is 2.59. The molecular weight excluding hydrogens is 266 g/mol. The maximum Gasteiger partial charge on any atom is 0.264 e. The number of benzene rings is 2. The SMILES string of the molecule is Cn1c(NC(=O)COc2ccccc2)nc2ccccc21. The molecule has 0 aliphatic carbocycles. The van der Waals surface area contributed by atoms with Crippen LogP contribution in [0.1, 0.15) is 0 Å². The molecule has 0 aliphatic rings. The molecular formula is C16H15N3O2. The summed E-state index contributed by atoms with van der Waals surface area (Å²) in [6.07, 6.45) is 0. The van der Waals surface area contributed by atoms with Gasteiger partial charge in [-0.25, -0.2) is 4.98 Å². The minimum absolute atomic E-state index is 0.0484. The molecule has 1 N–H and O–H groups in total. The number of aromatic nitrogens is 2. The topological polar surface area (TPSA) is 56.2 Å². The Balaban J connectivity index is 1.67. The van der Waals surface area contributed by atoms with Crippen LogP contribution < -0.4 is 10.1 Å². The average Bonchev–Trinajstić information content (AvgIpc) is 2.83. The third-order valence-electron chi connectivity index (χ3n) is 3.15. The number of para-hydroxylation sites is 3. The molecule has 3 rings (SSSR count). The van der Waals surface area contributed by atoms with E-state index in [9.17, 15) is 4.79 Å². The van der Waals surface area contributed by atoms with Crippen LogP contribution in [0.3, 0.4) is 0 Å². The van der Waals surface area contributed by atoms with Crippen molar-refractivity contribution in [3.8, 4) is 5.75 Å². The highest BCUT2D eigenvalue weighted by atomic mass is 16.5. The monoisotopic (exact) mass is 281 g/mol. The van der Waals surface area contributed by atoms with E-state index < -0.39 is 0 Å². The van der Waals surface area contributed by atoms with Crippen LogP contribution in [0.25, 0.3) is 11.0 Å². The molecule has 0 aliphatic heterocycles. The molecule has 1 amide bonds. The zero-order valence-electron chi connectivity index (χ0n) is 11.6. The molecule has 0 radical (unpaired) electrons. The Hall–Kier alpha value is -2.82. The molecule has 3 aromatic rings. The van der Waals surface area contributed by atoms with E-state index in [0.717, 1.165) is 11.0 Å². The van der Waals surface area contributed by atoms with Gasteiger partial charge in [0.15, 0.2) is 6.61 Å². The van der Waals surface area contributed by atoms with Gasteiger partial charge in [-0.2, -0.15) is 0 Å². The second-order valence-electron chi connectivity index (χ2n) is 4.63. The number of carbonyl (C=O) groups excluding carboxylic acids is 1. The Morgan fingerprint density at radius 1 is 1.14 bits per heavy atom. The van der Waals surface area contributed by atoms with Crippen molar-refractivity contribution in [2.24, 2.45) is 7.05 Å². The van der Waals surface area contributed by atoms with E-state index in [2.05, 4.69) is 10.3 Å². The number of carbonyl (C=O) groups is 1. The Labute approximate surface area is 122 Å². The minimum Gasteiger partial charge on any atom is -0.484 e. The molecule has 106 valence electrons. The summed E-state index contributed by atoms with van der Waals surface area (Å²) in [6.45, 7) is -0.0484. The highest BCUT2D eigenvalue weighted by Crippen LogP contribution is 2.17. The van der Waals surface area contributed by atoms with E-state index in [1.165, 1.54) is 0 Å². The second kappa shape index (κ2) is 5.66. The molecule has 0 saturated heterocycles. The van der Waals surface area contributed by atoms with E-state index in [1.807, 2.05) is 66.2 Å². The number of amides is 1. The highest BCUT2D eigenvalue weighted by molar-refractivity contribution is 5.92. The Bertz CT molecular complexity index is 766. The van der Waals surface area contributed by atoms with Crippen LogP contribution in [-0.2, 0) is 11.8 Å². The van der Waals surface area contributed by atoms with E-state index in [1.54, 1.807) is 0 Å². The van der Waals surface area contributed by atoms with Crippen molar-refractivity contribution in [1.82, 2.24) is 9.55 Å². The molecule has 0 fully saturated rings. The van der Waals surface area contributed by atoms with E-state index in [-0.39, 0.29) is 12.5 Å². The molecule has 1 aromatic heterocycles. The van der Waals surface area contributed by atoms with Crippen molar-refractivity contribution in [1.29, 1.82) is 0 Å². The van der Waals surface area contributed by atoms with E-state index in [0.29, 0.717) is 11.7 Å². The zero-order valence-corrected chi connectivity index (χ0v) is 11.6. The fourth-order valence-corrected chi connectivity index (χ4v) is 2.08. The van der Waals surface area contributed by atoms with Gasteiger partial charge in [-0.15, -0.1) is 0 Å². The van der Waals surface area contributed by atoms with Crippen molar-refractivity contribution in [3.05, 3.63) is 54.6 Å². The summed E-state index contributed by atoms with van der Waals surface area (Å²) in [5, 5.41) is 2.76. The van der Waals surface area contributed by atoms with Crippen molar-refractivity contribution in [2.75, 3.05) is 11.9 Å². The van der Waals surface area contributed by atoms with Gasteiger partial charge in [0, 0.05) is 7.05 Å². The van der Waals surface area contributed by atoms with Gasteiger partial charge in [-0.1, -0.05) is 30.3 Å². The van der Waals surface area contributed by atoms with E-state index >= 15 is 0 Å². The molecule has 5 nitrogen and oxygen atoms in total. The second-order valence-corrected chi connectivity index (χ2v) is 4.63. The lowest BCUT2D eigenvalue weighted by atomic mass is 10.3. The summed E-state index contributed by atoms with van der Waals surface area (Å²) in [7, 11) is 1.86. The highest BCUT2D eigenvalue weighted by Gasteiger charge is 2.10. The summed E-state index contributed by atoms with van der Waals surface area (Å²) in [5.41, 5.74) is 1.82. The van der Waals surface area contributed by atoms with Crippen LogP contribution >= 0.6 is 0 Å². The van der Waals surface area contributed by atoms with Crippen molar-refractivity contribution < 1.29 is 9.53 Å². The number of nitrogens with zero attached hydrogens (tertiary/aromatic N) is 2. The number of hydrogen-bond acceptors (Lipinski definition) is 3. The number of hydrogen-bond donors (Lipinski definition) is 1. The van der Waals surface area contributed by atoms with Crippen LogP contribution in [0.2, 0.25) is 0 Å². The molecule has 0 saturated carbocycles. The summed E-state index contributed by atoms with van der Waals surface area (Å²) in [5.74, 6) is 0.938. The molecule has 1 heterocycles. The number of rotatable bonds is 4. The first-order valence-corrected chi connectivity index (χ1v) is 6.63. The standard InChI is InChI=1S/C16H15N3O2/c1-19-14-10-6-5-9-13(14)17-16(19)18-15(20)11-21-12-7-3-2-4-8-12/h2-10H,11H2,1H3,(H,17,18,20). The van der Waals surface area contributed by atoms with Crippen LogP contribution in [0.15, 0.2) is 54.6 Å². The summed E-state index contributed by atoms with van der Waals surface area (Å²) in [6, 6.07) is 17.0. The Morgan fingerprint density at radius 2 is 1.86 bits per heavy atom. The van der Waals surface area contributed by atoms with Crippen LogP contribution in [-0.4, -0.2) is 22.1 Å². The van der Waals surface area contributed by atoms with Crippen LogP contribution in [0, 0.1) is 0 Å². The van der Waals surface area contributed by atoms with Gasteiger partial charge in [-0.05, 0) is 24.3 Å². The third-order valence-corrected chi connectivity index (χ3v) is 3.15. The molecule has 2 aromatic carbocycles. The average molecular weight is 281 g/mol. The first-order valence-electron chi connectivity index (χ1n) is 6.63. The Kier molecular flexibility index (Phi) is 3.55. The van der Waals surface area contributed by atoms with Crippen molar-refractivity contribution >= 4 is 22.9 Å². The van der Waals surface area contributed by atoms with Gasteiger partial charge < -0.3 is 9.30 Å². The smallest absolute Gasteiger partial charge is 0.264 e. The molecule has 0 spiro atoms. The van der Waals surface area contributed by atoms with Gasteiger partial charge in [0.05, 0.1) is 11.0 Å². The molecule has 5 heteroatoms. The van der Waals surface area contributed by atoms with Gasteiger partial charge in [-0.3, -0.25) is 10.1 Å². The lowest BCUT2D eigenvalue weighted by molar-refractivity contribution is -0.118. The largest absolute Gasteiger partial charge is 0.484 e. The lowest BCUT2D eigenvalue weighted by Crippen LogP contribution is -2.21. The fraction of sp³-hybridized carbons (Fsp3) is 0.125. The molecule has 0 bridgehead atoms. The normalized spacial score (nSPS) is 10.5. The fourth-order valence-electron chi connectivity index (χ4n) is 2.08. The van der Waals surface area contributed by atoms with Gasteiger partial charge >= 0.3 is 0 Å². The first kappa shape index (κ1) is 13.2. The number of aryl methyl sites for hydroxylation is 1. The third kappa shape index (κ3) is 2.86. The van der Waals surface area contributed by atoms with Crippen LogP contribution in [0.4, 0.5) is 5.95 Å². The number of anilines is 1. The predicted molar refractivity (Wildman–Crippen MR) is 81.3 cm³/mol. The van der Waals surface area contributed by atoms with Gasteiger partial charge in [0.1, 0.15) is 5.75 Å². The van der Waals surface area contributed by atoms with E-state index in [4.69, 9.17) is 4.74 Å². The first-order chi connectivity index (χ1) is 10.2. The minimum atomic E-state index is -0.239. The quantitative estimate of drug-likeness (QED) is 0.799. The van der Waals surface area contributed by atoms with Gasteiger partial charge in [0.2, 0.25) is 5.95 Å². The molecule has 0 atom stereocenters. The zero-order chi connectivity index (χ0) is 14.7. The number of fused-ring (bicyclic) bond motifs is 1. The summed E-state index contributed by atoms with van der Waals surface area (Å²) >= 11 is 0. The molecule has 0 unspecified atom stereocenters. The number of nitrogens with one attached hydrogen (secondary N) is 1. The van der Waals surface area contributed by atoms with Crippen molar-refractivity contribution in [3.63, 3.8) is 0 Å².